The van der Waals surface area contributed by atoms with E-state index in [2.05, 4.69) is 56.1 Å². The van der Waals surface area contributed by atoms with Crippen molar-refractivity contribution in [2.45, 2.75) is 0 Å². The zero-order valence-corrected chi connectivity index (χ0v) is 12.4. The first-order valence-electron chi connectivity index (χ1n) is 5.35. The SMILES string of the molecule is BrCCOc1ccc(-c2ccccc2)cc1Br. The Morgan fingerprint density at radius 2 is 1.71 bits per heavy atom. The average Bonchev–Trinajstić information content (AvgIpc) is 2.38. The number of rotatable bonds is 4. The molecule has 17 heavy (non-hydrogen) atoms. The molecular formula is C14H12Br2O. The van der Waals surface area contributed by atoms with Crippen LogP contribution in [0.15, 0.2) is 53.0 Å². The first-order chi connectivity index (χ1) is 8.31. The standard InChI is InChI=1S/C14H12Br2O/c15-8-9-17-14-7-6-12(10-13(14)16)11-4-2-1-3-5-11/h1-7,10H,8-9H2. The maximum absolute atomic E-state index is 5.58. The van der Waals surface area contributed by atoms with Gasteiger partial charge in [-0.3, -0.25) is 0 Å². The lowest BCUT2D eigenvalue weighted by atomic mass is 10.1. The zero-order chi connectivity index (χ0) is 12.1. The molecule has 2 aromatic rings. The van der Waals surface area contributed by atoms with Crippen LogP contribution < -0.4 is 4.74 Å². The molecule has 2 aromatic carbocycles. The Labute approximate surface area is 118 Å². The second-order valence-corrected chi connectivity index (χ2v) is 5.20. The molecule has 0 bridgehead atoms. The highest BCUT2D eigenvalue weighted by Crippen LogP contribution is 2.30. The van der Waals surface area contributed by atoms with Crippen LogP contribution in [0, 0.1) is 0 Å². The minimum Gasteiger partial charge on any atom is -0.492 e. The van der Waals surface area contributed by atoms with Gasteiger partial charge in [-0.25, -0.2) is 0 Å². The Bertz CT molecular complexity index is 483. The Morgan fingerprint density at radius 3 is 2.35 bits per heavy atom. The van der Waals surface area contributed by atoms with E-state index in [0.29, 0.717) is 6.61 Å². The molecule has 1 nitrogen and oxygen atoms in total. The van der Waals surface area contributed by atoms with Gasteiger partial charge in [-0.2, -0.15) is 0 Å². The maximum Gasteiger partial charge on any atom is 0.133 e. The number of hydrogen-bond acceptors (Lipinski definition) is 1. The summed E-state index contributed by atoms with van der Waals surface area (Å²) < 4.78 is 6.57. The third-order valence-electron chi connectivity index (χ3n) is 2.37. The van der Waals surface area contributed by atoms with Crippen molar-refractivity contribution >= 4 is 31.9 Å². The Morgan fingerprint density at radius 1 is 0.941 bits per heavy atom. The fraction of sp³-hybridized carbons (Fsp3) is 0.143. The Hall–Kier alpha value is -0.800. The van der Waals surface area contributed by atoms with Crippen LogP contribution in [-0.4, -0.2) is 11.9 Å². The van der Waals surface area contributed by atoms with E-state index in [0.717, 1.165) is 15.6 Å². The summed E-state index contributed by atoms with van der Waals surface area (Å²) >= 11 is 6.88. The number of hydrogen-bond donors (Lipinski definition) is 0. The van der Waals surface area contributed by atoms with Crippen LogP contribution in [0.25, 0.3) is 11.1 Å². The number of ether oxygens (including phenoxy) is 1. The van der Waals surface area contributed by atoms with Gasteiger partial charge in [-0.15, -0.1) is 0 Å². The smallest absolute Gasteiger partial charge is 0.133 e. The van der Waals surface area contributed by atoms with E-state index in [-0.39, 0.29) is 0 Å². The summed E-state index contributed by atoms with van der Waals surface area (Å²) in [7, 11) is 0. The molecule has 0 saturated carbocycles. The predicted octanol–water partition coefficient (Wildman–Crippen LogP) is 4.89. The molecule has 0 fully saturated rings. The molecule has 2 rings (SSSR count). The van der Waals surface area contributed by atoms with Crippen LogP contribution in [0.3, 0.4) is 0 Å². The van der Waals surface area contributed by atoms with Crippen LogP contribution in [0.4, 0.5) is 0 Å². The van der Waals surface area contributed by atoms with Crippen LogP contribution in [0.2, 0.25) is 0 Å². The molecule has 0 heterocycles. The van der Waals surface area contributed by atoms with E-state index in [1.807, 2.05) is 24.3 Å². The molecule has 0 amide bonds. The molecule has 0 aliphatic rings. The quantitative estimate of drug-likeness (QED) is 0.709. The zero-order valence-electron chi connectivity index (χ0n) is 9.20. The van der Waals surface area contributed by atoms with Gasteiger partial charge in [0.05, 0.1) is 11.1 Å². The summed E-state index contributed by atoms with van der Waals surface area (Å²) in [4.78, 5) is 0. The molecule has 3 heteroatoms. The lowest BCUT2D eigenvalue weighted by Gasteiger charge is -2.08. The fourth-order valence-electron chi connectivity index (χ4n) is 1.58. The van der Waals surface area contributed by atoms with Crippen molar-refractivity contribution in [3.05, 3.63) is 53.0 Å². The van der Waals surface area contributed by atoms with Gasteiger partial charge in [0.2, 0.25) is 0 Å². The van der Waals surface area contributed by atoms with Gasteiger partial charge in [-0.05, 0) is 39.2 Å². The fourth-order valence-corrected chi connectivity index (χ4v) is 2.23. The van der Waals surface area contributed by atoms with Gasteiger partial charge >= 0.3 is 0 Å². The van der Waals surface area contributed by atoms with Crippen LogP contribution >= 0.6 is 31.9 Å². The second-order valence-electron chi connectivity index (χ2n) is 3.55. The van der Waals surface area contributed by atoms with Gasteiger partial charge in [0.1, 0.15) is 5.75 Å². The van der Waals surface area contributed by atoms with E-state index in [4.69, 9.17) is 4.74 Å². The molecule has 0 N–H and O–H groups in total. The van der Waals surface area contributed by atoms with E-state index in [1.165, 1.54) is 11.1 Å². The van der Waals surface area contributed by atoms with Crippen molar-refractivity contribution in [1.82, 2.24) is 0 Å². The summed E-state index contributed by atoms with van der Waals surface area (Å²) in [5.41, 5.74) is 2.39. The van der Waals surface area contributed by atoms with Crippen molar-refractivity contribution in [3.63, 3.8) is 0 Å². The summed E-state index contributed by atoms with van der Waals surface area (Å²) in [6.07, 6.45) is 0. The highest BCUT2D eigenvalue weighted by atomic mass is 79.9. The van der Waals surface area contributed by atoms with Crippen LogP contribution in [-0.2, 0) is 0 Å². The summed E-state index contributed by atoms with van der Waals surface area (Å²) in [5.74, 6) is 0.879. The van der Waals surface area contributed by atoms with Gasteiger partial charge in [0.15, 0.2) is 0 Å². The van der Waals surface area contributed by atoms with Gasteiger partial charge < -0.3 is 4.74 Å². The molecular weight excluding hydrogens is 344 g/mol. The van der Waals surface area contributed by atoms with Crippen molar-refractivity contribution in [3.8, 4) is 16.9 Å². The average molecular weight is 356 g/mol. The minimum absolute atomic E-state index is 0.670. The Balaban J connectivity index is 2.25. The largest absolute Gasteiger partial charge is 0.492 e. The lowest BCUT2D eigenvalue weighted by Crippen LogP contribution is -1.98. The topological polar surface area (TPSA) is 9.23 Å². The minimum atomic E-state index is 0.670. The van der Waals surface area contributed by atoms with Crippen molar-refractivity contribution in [2.24, 2.45) is 0 Å². The van der Waals surface area contributed by atoms with Crippen molar-refractivity contribution in [2.75, 3.05) is 11.9 Å². The molecule has 0 aliphatic heterocycles. The molecule has 0 unspecified atom stereocenters. The first-order valence-corrected chi connectivity index (χ1v) is 7.26. The maximum atomic E-state index is 5.58. The monoisotopic (exact) mass is 354 g/mol. The van der Waals surface area contributed by atoms with Gasteiger partial charge in [0, 0.05) is 5.33 Å². The van der Waals surface area contributed by atoms with E-state index < -0.39 is 0 Å². The molecule has 0 spiro atoms. The van der Waals surface area contributed by atoms with Gasteiger partial charge in [-0.1, -0.05) is 52.3 Å². The van der Waals surface area contributed by atoms with E-state index in [1.54, 1.807) is 0 Å². The Kier molecular flexibility index (Phi) is 4.63. The van der Waals surface area contributed by atoms with Crippen LogP contribution in [0.1, 0.15) is 0 Å². The third kappa shape index (κ3) is 3.33. The summed E-state index contributed by atoms with van der Waals surface area (Å²) in [6.45, 7) is 0.670. The van der Waals surface area contributed by atoms with E-state index >= 15 is 0 Å². The molecule has 0 atom stereocenters. The summed E-state index contributed by atoms with van der Waals surface area (Å²) in [6, 6.07) is 16.4. The first kappa shape index (κ1) is 12.7. The molecule has 0 aromatic heterocycles. The normalized spacial score (nSPS) is 10.2. The molecule has 0 aliphatic carbocycles. The molecule has 0 saturated heterocycles. The predicted molar refractivity (Wildman–Crippen MR) is 78.9 cm³/mol. The highest BCUT2D eigenvalue weighted by Gasteiger charge is 2.03. The van der Waals surface area contributed by atoms with Crippen LogP contribution in [0.5, 0.6) is 5.75 Å². The summed E-state index contributed by atoms with van der Waals surface area (Å²) in [5, 5.41) is 0.833. The van der Waals surface area contributed by atoms with Gasteiger partial charge in [0.25, 0.3) is 0 Å². The lowest BCUT2D eigenvalue weighted by molar-refractivity contribution is 0.343. The third-order valence-corrected chi connectivity index (χ3v) is 3.32. The second kappa shape index (κ2) is 6.22. The number of alkyl halides is 1. The number of benzene rings is 2. The van der Waals surface area contributed by atoms with Crippen molar-refractivity contribution < 1.29 is 4.74 Å². The molecule has 0 radical (unpaired) electrons. The highest BCUT2D eigenvalue weighted by molar-refractivity contribution is 9.10. The van der Waals surface area contributed by atoms with Crippen molar-refractivity contribution in [1.29, 1.82) is 0 Å². The van der Waals surface area contributed by atoms with E-state index in [9.17, 15) is 0 Å². The molecule has 88 valence electrons. The number of halogens is 2.